The molecule has 5 nitrogen and oxygen atoms in total. The Labute approximate surface area is 136 Å². The molecule has 1 aromatic rings. The maximum absolute atomic E-state index is 12.3. The molecule has 0 N–H and O–H groups in total. The second kappa shape index (κ2) is 5.51. The Morgan fingerprint density at radius 2 is 1.91 bits per heavy atom. The second-order valence-corrected chi connectivity index (χ2v) is 9.05. The number of ether oxygens (including phenoxy) is 1. The predicted molar refractivity (Wildman–Crippen MR) is 87.4 cm³/mol. The maximum atomic E-state index is 12.3. The van der Waals surface area contributed by atoms with Crippen LogP contribution in [0.5, 0.6) is 5.75 Å². The molecule has 0 radical (unpaired) electrons. The van der Waals surface area contributed by atoms with Crippen LogP contribution >= 0.6 is 0 Å². The molecular weight excluding hydrogens is 314 g/mol. The molecule has 124 valence electrons. The summed E-state index contributed by atoms with van der Waals surface area (Å²) in [6, 6.07) is 7.32. The zero-order valence-corrected chi connectivity index (χ0v) is 13.8. The SMILES string of the molecule is O=C1CC2CS(=O)(=O)CC2N1c1cccc(OC2CCCC2)c1. The van der Waals surface area contributed by atoms with Crippen LogP contribution in [0.1, 0.15) is 32.1 Å². The van der Waals surface area contributed by atoms with Crippen molar-refractivity contribution in [2.75, 3.05) is 16.4 Å². The predicted octanol–water partition coefficient (Wildman–Crippen LogP) is 2.16. The third-order valence-electron chi connectivity index (χ3n) is 5.17. The van der Waals surface area contributed by atoms with E-state index in [0.717, 1.165) is 24.3 Å². The highest BCUT2D eigenvalue weighted by Gasteiger charge is 2.49. The van der Waals surface area contributed by atoms with Crippen LogP contribution in [-0.2, 0) is 14.6 Å². The fraction of sp³-hybridized carbons (Fsp3) is 0.588. The number of rotatable bonds is 3. The molecule has 2 saturated heterocycles. The first-order valence-corrected chi connectivity index (χ1v) is 10.1. The number of nitrogens with zero attached hydrogens (tertiary/aromatic N) is 1. The number of anilines is 1. The number of sulfone groups is 1. The van der Waals surface area contributed by atoms with Crippen LogP contribution in [0.2, 0.25) is 0 Å². The number of carbonyl (C=O) groups excluding carboxylic acids is 1. The molecular formula is C17H21NO4S. The van der Waals surface area contributed by atoms with E-state index >= 15 is 0 Å². The molecule has 2 atom stereocenters. The molecule has 1 aromatic carbocycles. The Balaban J connectivity index is 1.58. The summed E-state index contributed by atoms with van der Waals surface area (Å²) in [5, 5.41) is 0. The molecule has 1 saturated carbocycles. The number of amides is 1. The summed E-state index contributed by atoms with van der Waals surface area (Å²) < 4.78 is 29.7. The van der Waals surface area contributed by atoms with Crippen LogP contribution in [0.25, 0.3) is 0 Å². The lowest BCUT2D eigenvalue weighted by Gasteiger charge is -2.24. The van der Waals surface area contributed by atoms with Crippen LogP contribution in [0, 0.1) is 5.92 Å². The molecule has 4 rings (SSSR count). The standard InChI is InChI=1S/C17H21NO4S/c19-17-8-12-10-23(20,21)11-16(12)18(17)13-4-3-7-15(9-13)22-14-5-1-2-6-14/h3-4,7,9,12,14,16H,1-2,5-6,8,10-11H2. The average Bonchev–Trinajstić information content (AvgIpc) is 3.14. The van der Waals surface area contributed by atoms with Crippen molar-refractivity contribution in [1.82, 2.24) is 0 Å². The molecule has 3 fully saturated rings. The fourth-order valence-corrected chi connectivity index (χ4v) is 6.20. The lowest BCUT2D eigenvalue weighted by atomic mass is 10.0. The number of hydrogen-bond acceptors (Lipinski definition) is 4. The van der Waals surface area contributed by atoms with Gasteiger partial charge in [-0.25, -0.2) is 8.42 Å². The monoisotopic (exact) mass is 335 g/mol. The van der Waals surface area contributed by atoms with Gasteiger partial charge in [0.2, 0.25) is 5.91 Å². The van der Waals surface area contributed by atoms with E-state index in [1.54, 1.807) is 4.90 Å². The first-order valence-electron chi connectivity index (χ1n) is 8.31. The van der Waals surface area contributed by atoms with E-state index in [0.29, 0.717) is 6.42 Å². The zero-order valence-electron chi connectivity index (χ0n) is 13.0. The first-order chi connectivity index (χ1) is 11.0. The summed E-state index contributed by atoms with van der Waals surface area (Å²) in [5.74, 6) is 0.946. The van der Waals surface area contributed by atoms with E-state index in [-0.39, 0.29) is 35.5 Å². The van der Waals surface area contributed by atoms with Crippen molar-refractivity contribution in [3.8, 4) is 5.75 Å². The van der Waals surface area contributed by atoms with Gasteiger partial charge in [0.25, 0.3) is 0 Å². The van der Waals surface area contributed by atoms with Gasteiger partial charge >= 0.3 is 0 Å². The van der Waals surface area contributed by atoms with E-state index in [1.165, 1.54) is 12.8 Å². The van der Waals surface area contributed by atoms with Gasteiger partial charge in [0.1, 0.15) is 5.75 Å². The second-order valence-electron chi connectivity index (χ2n) is 6.89. The fourth-order valence-electron chi connectivity index (χ4n) is 4.13. The van der Waals surface area contributed by atoms with Crippen molar-refractivity contribution in [2.45, 2.75) is 44.2 Å². The Morgan fingerprint density at radius 3 is 2.70 bits per heavy atom. The average molecular weight is 335 g/mol. The quantitative estimate of drug-likeness (QED) is 0.849. The summed E-state index contributed by atoms with van der Waals surface area (Å²) in [4.78, 5) is 14.0. The number of benzene rings is 1. The van der Waals surface area contributed by atoms with E-state index in [4.69, 9.17) is 4.74 Å². The number of hydrogen-bond donors (Lipinski definition) is 0. The van der Waals surface area contributed by atoms with Gasteiger partial charge in [-0.1, -0.05) is 6.07 Å². The van der Waals surface area contributed by atoms with Gasteiger partial charge in [-0.3, -0.25) is 4.79 Å². The largest absolute Gasteiger partial charge is 0.490 e. The van der Waals surface area contributed by atoms with Gasteiger partial charge in [0, 0.05) is 24.1 Å². The van der Waals surface area contributed by atoms with E-state index in [1.807, 2.05) is 24.3 Å². The van der Waals surface area contributed by atoms with E-state index in [2.05, 4.69) is 0 Å². The van der Waals surface area contributed by atoms with Crippen molar-refractivity contribution in [3.05, 3.63) is 24.3 Å². The molecule has 1 aliphatic carbocycles. The summed E-state index contributed by atoms with van der Waals surface area (Å²) in [6.07, 6.45) is 5.16. The van der Waals surface area contributed by atoms with Crippen LogP contribution in [0.3, 0.4) is 0 Å². The molecule has 0 aromatic heterocycles. The topological polar surface area (TPSA) is 63.7 Å². The van der Waals surface area contributed by atoms with Crippen molar-refractivity contribution >= 4 is 21.4 Å². The third-order valence-corrected chi connectivity index (χ3v) is 6.96. The molecule has 6 heteroatoms. The smallest absolute Gasteiger partial charge is 0.227 e. The van der Waals surface area contributed by atoms with Gasteiger partial charge in [-0.15, -0.1) is 0 Å². The van der Waals surface area contributed by atoms with Gasteiger partial charge in [0.15, 0.2) is 9.84 Å². The highest BCUT2D eigenvalue weighted by Crippen LogP contribution is 2.38. The first kappa shape index (κ1) is 15.0. The zero-order chi connectivity index (χ0) is 16.0. The lowest BCUT2D eigenvalue weighted by molar-refractivity contribution is -0.117. The lowest BCUT2D eigenvalue weighted by Crippen LogP contribution is -2.36. The minimum absolute atomic E-state index is 0.0212. The molecule has 2 unspecified atom stereocenters. The van der Waals surface area contributed by atoms with E-state index in [9.17, 15) is 13.2 Å². The van der Waals surface area contributed by atoms with Gasteiger partial charge in [0.05, 0.1) is 23.7 Å². The summed E-state index contributed by atoms with van der Waals surface area (Å²) >= 11 is 0. The van der Waals surface area contributed by atoms with Crippen molar-refractivity contribution in [1.29, 1.82) is 0 Å². The molecule has 2 heterocycles. The maximum Gasteiger partial charge on any atom is 0.227 e. The Hall–Kier alpha value is -1.56. The highest BCUT2D eigenvalue weighted by atomic mass is 32.2. The van der Waals surface area contributed by atoms with E-state index < -0.39 is 9.84 Å². The summed E-state index contributed by atoms with van der Waals surface area (Å²) in [6.45, 7) is 0. The minimum atomic E-state index is -3.02. The van der Waals surface area contributed by atoms with Crippen LogP contribution in [0.4, 0.5) is 5.69 Å². The number of carbonyl (C=O) groups is 1. The van der Waals surface area contributed by atoms with Gasteiger partial charge < -0.3 is 9.64 Å². The third kappa shape index (κ3) is 2.84. The Bertz CT molecular complexity index is 724. The molecule has 1 amide bonds. The van der Waals surface area contributed by atoms with Crippen LogP contribution in [-0.4, -0.2) is 38.0 Å². The van der Waals surface area contributed by atoms with Crippen molar-refractivity contribution in [3.63, 3.8) is 0 Å². The molecule has 0 bridgehead atoms. The number of fused-ring (bicyclic) bond motifs is 1. The van der Waals surface area contributed by atoms with Gasteiger partial charge in [-0.05, 0) is 37.8 Å². The molecule has 2 aliphatic heterocycles. The summed E-state index contributed by atoms with van der Waals surface area (Å²) in [7, 11) is -3.02. The Morgan fingerprint density at radius 1 is 1.13 bits per heavy atom. The highest BCUT2D eigenvalue weighted by molar-refractivity contribution is 7.91. The normalized spacial score (nSPS) is 29.9. The molecule has 3 aliphatic rings. The Kier molecular flexibility index (Phi) is 3.59. The minimum Gasteiger partial charge on any atom is -0.490 e. The van der Waals surface area contributed by atoms with Crippen LogP contribution in [0.15, 0.2) is 24.3 Å². The molecule has 0 spiro atoms. The van der Waals surface area contributed by atoms with Crippen molar-refractivity contribution < 1.29 is 17.9 Å². The summed E-state index contributed by atoms with van der Waals surface area (Å²) in [5.41, 5.74) is 0.759. The van der Waals surface area contributed by atoms with Crippen LogP contribution < -0.4 is 9.64 Å². The molecule has 23 heavy (non-hydrogen) atoms. The van der Waals surface area contributed by atoms with Crippen molar-refractivity contribution in [2.24, 2.45) is 5.92 Å². The van der Waals surface area contributed by atoms with Gasteiger partial charge in [-0.2, -0.15) is 0 Å².